The van der Waals surface area contributed by atoms with Crippen LogP contribution in [-0.4, -0.2) is 22.8 Å². The van der Waals surface area contributed by atoms with E-state index >= 15 is 0 Å². The van der Waals surface area contributed by atoms with Gasteiger partial charge in [0.2, 0.25) is 11.8 Å². The van der Waals surface area contributed by atoms with E-state index in [-0.39, 0.29) is 29.7 Å². The summed E-state index contributed by atoms with van der Waals surface area (Å²) in [5.74, 6) is 0.985. The van der Waals surface area contributed by atoms with Gasteiger partial charge in [-0.05, 0) is 31.1 Å². The third-order valence-electron chi connectivity index (χ3n) is 5.69. The van der Waals surface area contributed by atoms with Gasteiger partial charge in [-0.15, -0.1) is 0 Å². The van der Waals surface area contributed by atoms with Gasteiger partial charge in [0, 0.05) is 6.04 Å². The molecule has 19 heavy (non-hydrogen) atoms. The van der Waals surface area contributed by atoms with Crippen LogP contribution in [-0.2, 0) is 9.59 Å². The predicted molar refractivity (Wildman–Crippen MR) is 71.1 cm³/mol. The average molecular weight is 259 g/mol. The monoisotopic (exact) mass is 259 g/mol. The number of imide groups is 1. The Morgan fingerprint density at radius 1 is 0.842 bits per heavy atom. The fourth-order valence-corrected chi connectivity index (χ4v) is 4.80. The summed E-state index contributed by atoms with van der Waals surface area (Å²) in [6, 6.07) is 0.201. The molecule has 0 aromatic heterocycles. The van der Waals surface area contributed by atoms with E-state index in [1.165, 1.54) is 25.7 Å². The molecule has 1 saturated heterocycles. The quantitative estimate of drug-likeness (QED) is 0.412. The molecule has 3 nitrogen and oxygen atoms in total. The van der Waals surface area contributed by atoms with Crippen molar-refractivity contribution in [3.8, 4) is 0 Å². The number of hydrogen-bond donors (Lipinski definition) is 0. The number of carbonyl (C=O) groups excluding carboxylic acids is 2. The van der Waals surface area contributed by atoms with Gasteiger partial charge in [0.1, 0.15) is 0 Å². The van der Waals surface area contributed by atoms with Crippen LogP contribution in [0.5, 0.6) is 0 Å². The van der Waals surface area contributed by atoms with E-state index in [4.69, 9.17) is 0 Å². The van der Waals surface area contributed by atoms with Crippen molar-refractivity contribution in [3.63, 3.8) is 0 Å². The van der Waals surface area contributed by atoms with Crippen molar-refractivity contribution in [1.29, 1.82) is 0 Å². The van der Waals surface area contributed by atoms with E-state index in [0.29, 0.717) is 11.8 Å². The largest absolute Gasteiger partial charge is 0.279 e. The first-order valence-electron chi connectivity index (χ1n) is 7.82. The molecule has 0 spiro atoms. The minimum Gasteiger partial charge on any atom is -0.279 e. The number of likely N-dealkylation sites (tertiary alicyclic amines) is 1. The highest BCUT2D eigenvalue weighted by Gasteiger charge is 2.60. The third kappa shape index (κ3) is 1.56. The fraction of sp³-hybridized carbons (Fsp3) is 0.750. The minimum absolute atomic E-state index is 0.00856. The Hall–Kier alpha value is -1.12. The van der Waals surface area contributed by atoms with Gasteiger partial charge in [-0.25, -0.2) is 0 Å². The number of allylic oxidation sites excluding steroid dienone is 2. The van der Waals surface area contributed by atoms with Crippen molar-refractivity contribution >= 4 is 11.8 Å². The maximum atomic E-state index is 12.7. The molecule has 0 radical (unpaired) electrons. The smallest absolute Gasteiger partial charge is 0.233 e. The molecule has 1 heterocycles. The van der Waals surface area contributed by atoms with Gasteiger partial charge in [0.05, 0.1) is 11.8 Å². The van der Waals surface area contributed by atoms with Crippen molar-refractivity contribution in [3.05, 3.63) is 12.2 Å². The molecule has 1 aliphatic heterocycles. The molecule has 3 fully saturated rings. The number of amides is 2. The summed E-state index contributed by atoms with van der Waals surface area (Å²) in [6.07, 6.45) is 12.3. The second-order valence-electron chi connectivity index (χ2n) is 6.69. The first-order chi connectivity index (χ1) is 9.27. The molecule has 2 saturated carbocycles. The Morgan fingerprint density at radius 2 is 1.37 bits per heavy atom. The molecular weight excluding hydrogens is 238 g/mol. The highest BCUT2D eigenvalue weighted by Crippen LogP contribution is 2.53. The molecule has 3 heteroatoms. The van der Waals surface area contributed by atoms with Crippen molar-refractivity contribution < 1.29 is 9.59 Å². The van der Waals surface area contributed by atoms with Gasteiger partial charge in [0.25, 0.3) is 0 Å². The first kappa shape index (κ1) is 11.7. The standard InChI is InChI=1S/C16H21NO2/c18-15-13-10-7-8-11(9-10)14(13)16(19)17(15)12-5-3-1-2-4-6-12/h7-8,10-14H,1-6,9H2/t10-,11-,13+,14+/m0/s1. The molecule has 0 aromatic rings. The van der Waals surface area contributed by atoms with Crippen LogP contribution in [0.1, 0.15) is 44.9 Å². The zero-order valence-corrected chi connectivity index (χ0v) is 11.3. The van der Waals surface area contributed by atoms with E-state index < -0.39 is 0 Å². The van der Waals surface area contributed by atoms with Crippen molar-refractivity contribution in [2.45, 2.75) is 51.0 Å². The highest BCUT2D eigenvalue weighted by atomic mass is 16.2. The topological polar surface area (TPSA) is 37.4 Å². The van der Waals surface area contributed by atoms with E-state index in [2.05, 4.69) is 12.2 Å². The molecule has 102 valence electrons. The zero-order chi connectivity index (χ0) is 13.0. The lowest BCUT2D eigenvalue weighted by Crippen LogP contribution is -2.41. The Morgan fingerprint density at radius 3 is 1.89 bits per heavy atom. The normalized spacial score (nSPS) is 42.0. The molecule has 4 rings (SSSR count). The van der Waals surface area contributed by atoms with Crippen molar-refractivity contribution in [2.24, 2.45) is 23.7 Å². The van der Waals surface area contributed by atoms with Gasteiger partial charge in [-0.3, -0.25) is 14.5 Å². The molecule has 4 atom stereocenters. The number of hydrogen-bond acceptors (Lipinski definition) is 2. The van der Waals surface area contributed by atoms with Crippen LogP contribution in [0, 0.1) is 23.7 Å². The third-order valence-corrected chi connectivity index (χ3v) is 5.69. The summed E-state index contributed by atoms with van der Waals surface area (Å²) in [7, 11) is 0. The molecule has 0 N–H and O–H groups in total. The molecule has 0 aromatic carbocycles. The molecule has 2 amide bonds. The molecule has 4 aliphatic rings. The van der Waals surface area contributed by atoms with E-state index in [1.807, 2.05) is 0 Å². The molecule has 2 bridgehead atoms. The fourth-order valence-electron chi connectivity index (χ4n) is 4.80. The first-order valence-corrected chi connectivity index (χ1v) is 7.82. The lowest BCUT2D eigenvalue weighted by atomic mass is 9.85. The number of rotatable bonds is 1. The van der Waals surface area contributed by atoms with Gasteiger partial charge in [-0.1, -0.05) is 37.8 Å². The molecular formula is C16H21NO2. The lowest BCUT2D eigenvalue weighted by Gasteiger charge is -2.26. The Bertz CT molecular complexity index is 418. The second-order valence-corrected chi connectivity index (χ2v) is 6.69. The Balaban J connectivity index is 1.61. The van der Waals surface area contributed by atoms with Crippen LogP contribution in [0.15, 0.2) is 12.2 Å². The van der Waals surface area contributed by atoms with Gasteiger partial charge in [-0.2, -0.15) is 0 Å². The van der Waals surface area contributed by atoms with E-state index in [0.717, 1.165) is 19.3 Å². The van der Waals surface area contributed by atoms with Gasteiger partial charge >= 0.3 is 0 Å². The minimum atomic E-state index is -0.00856. The Labute approximate surface area is 114 Å². The van der Waals surface area contributed by atoms with Crippen LogP contribution in [0.3, 0.4) is 0 Å². The average Bonchev–Trinajstić information content (AvgIpc) is 3.00. The lowest BCUT2D eigenvalue weighted by molar-refractivity contribution is -0.143. The summed E-state index contributed by atoms with van der Waals surface area (Å²) in [6.45, 7) is 0. The maximum absolute atomic E-state index is 12.7. The SMILES string of the molecule is O=C1[C@H]2[C@H](C(=O)N1C1CCCCCC1)[C@H]1C=C[C@H]2C1. The number of fused-ring (bicyclic) bond motifs is 5. The summed E-state index contributed by atoms with van der Waals surface area (Å²) in [5, 5.41) is 0. The number of nitrogens with zero attached hydrogens (tertiary/aromatic N) is 1. The van der Waals surface area contributed by atoms with Crippen LogP contribution in [0.2, 0.25) is 0 Å². The summed E-state index contributed by atoms with van der Waals surface area (Å²) in [4.78, 5) is 27.0. The highest BCUT2D eigenvalue weighted by molar-refractivity contribution is 6.06. The van der Waals surface area contributed by atoms with Gasteiger partial charge < -0.3 is 0 Å². The van der Waals surface area contributed by atoms with Crippen LogP contribution in [0.4, 0.5) is 0 Å². The summed E-state index contributed by atoms with van der Waals surface area (Å²) < 4.78 is 0. The molecule has 0 unspecified atom stereocenters. The molecule has 3 aliphatic carbocycles. The van der Waals surface area contributed by atoms with Crippen LogP contribution < -0.4 is 0 Å². The van der Waals surface area contributed by atoms with Crippen LogP contribution >= 0.6 is 0 Å². The Kier molecular flexibility index (Phi) is 2.58. The summed E-state index contributed by atoms with van der Waals surface area (Å²) >= 11 is 0. The zero-order valence-electron chi connectivity index (χ0n) is 11.3. The van der Waals surface area contributed by atoms with E-state index in [1.54, 1.807) is 4.90 Å². The summed E-state index contributed by atoms with van der Waals surface area (Å²) in [5.41, 5.74) is 0. The maximum Gasteiger partial charge on any atom is 0.233 e. The van der Waals surface area contributed by atoms with Crippen molar-refractivity contribution in [2.75, 3.05) is 0 Å². The van der Waals surface area contributed by atoms with Crippen LogP contribution in [0.25, 0.3) is 0 Å². The van der Waals surface area contributed by atoms with E-state index in [9.17, 15) is 9.59 Å². The van der Waals surface area contributed by atoms with Crippen molar-refractivity contribution in [1.82, 2.24) is 4.90 Å². The number of carbonyl (C=O) groups is 2. The predicted octanol–water partition coefficient (Wildman–Crippen LogP) is 2.52. The van der Waals surface area contributed by atoms with Gasteiger partial charge in [0.15, 0.2) is 0 Å². The second kappa shape index (κ2) is 4.19.